The Morgan fingerprint density at radius 3 is 2.09 bits per heavy atom. The summed E-state index contributed by atoms with van der Waals surface area (Å²) >= 11 is 11.6. The molecule has 0 saturated carbocycles. The Morgan fingerprint density at radius 1 is 0.955 bits per heavy atom. The van der Waals surface area contributed by atoms with Gasteiger partial charge in [0.2, 0.25) is 0 Å². The first-order valence-electron chi connectivity index (χ1n) is 6.12. The molecule has 0 aliphatic rings. The number of hydrogen-bond donors (Lipinski definition) is 0. The van der Waals surface area contributed by atoms with Crippen molar-refractivity contribution in [3.8, 4) is 0 Å². The van der Waals surface area contributed by atoms with Gasteiger partial charge in [0.05, 0.1) is 14.8 Å². The second-order valence-electron chi connectivity index (χ2n) is 4.74. The van der Waals surface area contributed by atoms with Crippen molar-refractivity contribution in [3.05, 3.63) is 58.1 Å². The van der Waals surface area contributed by atoms with Crippen LogP contribution in [0, 0.1) is 6.92 Å². The molecule has 22 heavy (non-hydrogen) atoms. The summed E-state index contributed by atoms with van der Waals surface area (Å²) in [6.45, 7) is 1.88. The smallest absolute Gasteiger partial charge is 0.244 e. The van der Waals surface area contributed by atoms with Gasteiger partial charge < -0.3 is 0 Å². The van der Waals surface area contributed by atoms with Gasteiger partial charge in [-0.15, -0.1) is 3.77 Å². The quantitative estimate of drug-likeness (QED) is 0.806. The molecule has 0 N–H and O–H groups in total. The Labute approximate surface area is 140 Å². The van der Waals surface area contributed by atoms with E-state index in [0.29, 0.717) is 9.92 Å². The summed E-state index contributed by atoms with van der Waals surface area (Å²) in [4.78, 5) is 0.118. The van der Waals surface area contributed by atoms with E-state index < -0.39 is 19.8 Å². The topological polar surface area (TPSA) is 63.6 Å². The summed E-state index contributed by atoms with van der Waals surface area (Å²) < 4.78 is 40.9. The molecule has 0 amide bonds. The highest BCUT2D eigenvalue weighted by Crippen LogP contribution is 2.27. The summed E-state index contributed by atoms with van der Waals surface area (Å²) in [5.41, 5.74) is 0.975. The molecule has 0 saturated heterocycles. The predicted molar refractivity (Wildman–Crippen MR) is 89.6 cm³/mol. The van der Waals surface area contributed by atoms with Crippen LogP contribution in [0.1, 0.15) is 5.56 Å². The molecule has 2 rings (SSSR count). The second-order valence-corrected chi connectivity index (χ2v) is 9.65. The predicted octanol–water partition coefficient (Wildman–Crippen LogP) is 4.15. The van der Waals surface area contributed by atoms with Crippen LogP contribution >= 0.6 is 23.2 Å². The molecule has 8 heteroatoms. The van der Waals surface area contributed by atoms with Crippen LogP contribution in [-0.2, 0) is 19.8 Å². The SMILES string of the molecule is Cc1ccc([S@](C)(=O)=NS(=O)(=O)c2ccc(Cl)cc2Cl)cc1. The molecule has 2 aromatic rings. The molecule has 0 bridgehead atoms. The third-order valence-electron chi connectivity index (χ3n) is 2.87. The average molecular weight is 378 g/mol. The monoisotopic (exact) mass is 377 g/mol. The average Bonchev–Trinajstić information content (AvgIpc) is 2.37. The van der Waals surface area contributed by atoms with Crippen molar-refractivity contribution in [1.29, 1.82) is 0 Å². The zero-order valence-electron chi connectivity index (χ0n) is 11.8. The number of aryl methyl sites for hydroxylation is 1. The molecule has 2 aromatic carbocycles. The van der Waals surface area contributed by atoms with E-state index in [2.05, 4.69) is 3.77 Å². The Kier molecular flexibility index (Phi) is 4.87. The minimum absolute atomic E-state index is 0.0599. The van der Waals surface area contributed by atoms with Crippen LogP contribution in [0.3, 0.4) is 0 Å². The molecule has 118 valence electrons. The lowest BCUT2D eigenvalue weighted by molar-refractivity contribution is 0.598. The van der Waals surface area contributed by atoms with Crippen molar-refractivity contribution in [2.75, 3.05) is 6.26 Å². The largest absolute Gasteiger partial charge is 0.291 e. The fraction of sp³-hybridized carbons (Fsp3) is 0.143. The van der Waals surface area contributed by atoms with Gasteiger partial charge in [0.25, 0.3) is 10.0 Å². The highest BCUT2D eigenvalue weighted by atomic mass is 35.5. The van der Waals surface area contributed by atoms with Crippen molar-refractivity contribution in [1.82, 2.24) is 0 Å². The van der Waals surface area contributed by atoms with E-state index in [1.54, 1.807) is 24.3 Å². The van der Waals surface area contributed by atoms with Crippen molar-refractivity contribution in [3.63, 3.8) is 0 Å². The van der Waals surface area contributed by atoms with Crippen LogP contribution < -0.4 is 0 Å². The maximum atomic E-state index is 12.7. The standard InChI is InChI=1S/C14H13Cl2NO3S2/c1-10-3-6-12(7-4-10)21(2,18)17-22(19,20)14-8-5-11(15)9-13(14)16/h3-9H,1-2H3/t21-/m0/s1. The fourth-order valence-electron chi connectivity index (χ4n) is 1.75. The maximum absolute atomic E-state index is 12.7. The fourth-order valence-corrected chi connectivity index (χ4v) is 5.80. The van der Waals surface area contributed by atoms with Crippen LogP contribution in [0.15, 0.2) is 56.0 Å². The lowest BCUT2D eigenvalue weighted by atomic mass is 10.2. The van der Waals surface area contributed by atoms with E-state index in [1.807, 2.05) is 6.92 Å². The Balaban J connectivity index is 2.58. The number of halogens is 2. The van der Waals surface area contributed by atoms with Crippen molar-refractivity contribution in [2.24, 2.45) is 3.77 Å². The second kappa shape index (κ2) is 6.20. The normalized spacial score (nSPS) is 14.4. The van der Waals surface area contributed by atoms with Gasteiger partial charge in [0.1, 0.15) is 4.90 Å². The molecule has 0 aromatic heterocycles. The molecule has 0 fully saturated rings. The summed E-state index contributed by atoms with van der Waals surface area (Å²) in [6.07, 6.45) is 1.28. The zero-order valence-corrected chi connectivity index (χ0v) is 14.9. The van der Waals surface area contributed by atoms with Crippen LogP contribution in [0.4, 0.5) is 0 Å². The van der Waals surface area contributed by atoms with E-state index in [4.69, 9.17) is 23.2 Å². The summed E-state index contributed by atoms with van der Waals surface area (Å²) in [5.74, 6) is 0. The first kappa shape index (κ1) is 17.3. The molecule has 0 heterocycles. The van der Waals surface area contributed by atoms with Gasteiger partial charge in [-0.25, -0.2) is 4.21 Å². The minimum atomic E-state index is -4.16. The maximum Gasteiger partial charge on any atom is 0.291 e. The molecule has 0 unspecified atom stereocenters. The Bertz CT molecular complexity index is 929. The first-order chi connectivity index (χ1) is 10.1. The molecule has 0 radical (unpaired) electrons. The van der Waals surface area contributed by atoms with Crippen LogP contribution in [-0.4, -0.2) is 18.9 Å². The van der Waals surface area contributed by atoms with Gasteiger partial charge in [-0.1, -0.05) is 40.9 Å². The zero-order chi connectivity index (χ0) is 16.5. The Morgan fingerprint density at radius 2 is 1.55 bits per heavy atom. The number of nitrogens with zero attached hydrogens (tertiary/aromatic N) is 1. The van der Waals surface area contributed by atoms with E-state index >= 15 is 0 Å². The van der Waals surface area contributed by atoms with Gasteiger partial charge in [0, 0.05) is 16.2 Å². The molecular formula is C14H13Cl2NO3S2. The van der Waals surface area contributed by atoms with Gasteiger partial charge in [-0.05, 0) is 37.3 Å². The summed E-state index contributed by atoms with van der Waals surface area (Å²) in [7, 11) is -7.28. The lowest BCUT2D eigenvalue weighted by Crippen LogP contribution is -2.05. The van der Waals surface area contributed by atoms with Crippen LogP contribution in [0.2, 0.25) is 10.0 Å². The molecule has 0 spiro atoms. The number of sulfonamides is 1. The van der Waals surface area contributed by atoms with Gasteiger partial charge in [-0.2, -0.15) is 8.42 Å². The molecule has 1 atom stereocenters. The number of rotatable bonds is 3. The van der Waals surface area contributed by atoms with Crippen molar-refractivity contribution in [2.45, 2.75) is 16.7 Å². The van der Waals surface area contributed by atoms with E-state index in [9.17, 15) is 12.6 Å². The molecular weight excluding hydrogens is 365 g/mol. The first-order valence-corrected chi connectivity index (χ1v) is 10.2. The number of hydrogen-bond acceptors (Lipinski definition) is 3. The van der Waals surface area contributed by atoms with Gasteiger partial charge in [-0.3, -0.25) is 0 Å². The number of benzene rings is 2. The molecule has 4 nitrogen and oxygen atoms in total. The minimum Gasteiger partial charge on any atom is -0.244 e. The van der Waals surface area contributed by atoms with Crippen LogP contribution in [0.25, 0.3) is 0 Å². The molecule has 0 aliphatic carbocycles. The third kappa shape index (κ3) is 3.81. The third-order valence-corrected chi connectivity index (χ3v) is 7.51. The highest BCUT2D eigenvalue weighted by molar-refractivity contribution is 8.03. The summed E-state index contributed by atoms with van der Waals surface area (Å²) in [6, 6.07) is 10.6. The van der Waals surface area contributed by atoms with Crippen molar-refractivity contribution < 1.29 is 12.6 Å². The van der Waals surface area contributed by atoms with Gasteiger partial charge >= 0.3 is 0 Å². The van der Waals surface area contributed by atoms with E-state index in [1.165, 1.54) is 24.5 Å². The lowest BCUT2D eigenvalue weighted by Gasteiger charge is -2.07. The van der Waals surface area contributed by atoms with E-state index in [-0.39, 0.29) is 9.92 Å². The van der Waals surface area contributed by atoms with Gasteiger partial charge in [0.15, 0.2) is 0 Å². The summed E-state index contributed by atoms with van der Waals surface area (Å²) in [5, 5.41) is 0.245. The highest BCUT2D eigenvalue weighted by Gasteiger charge is 2.20. The molecule has 0 aliphatic heterocycles. The van der Waals surface area contributed by atoms with Crippen LogP contribution in [0.5, 0.6) is 0 Å². The van der Waals surface area contributed by atoms with Crippen molar-refractivity contribution >= 4 is 43.0 Å². The van der Waals surface area contributed by atoms with E-state index in [0.717, 1.165) is 5.56 Å². The Hall–Kier alpha value is -1.08.